The number of hydrogen-bond donors (Lipinski definition) is 2. The molecule has 0 saturated heterocycles. The molecule has 4 heteroatoms. The molecule has 3 N–H and O–H groups in total. The molecule has 82 valence electrons. The number of aromatic nitrogens is 1. The third-order valence-corrected chi connectivity index (χ3v) is 2.29. The van der Waals surface area contributed by atoms with Crippen molar-refractivity contribution < 1.29 is 4.79 Å². The van der Waals surface area contributed by atoms with Gasteiger partial charge in [0.05, 0.1) is 11.7 Å². The lowest BCUT2D eigenvalue weighted by molar-refractivity contribution is -0.124. The van der Waals surface area contributed by atoms with E-state index < -0.39 is 0 Å². The summed E-state index contributed by atoms with van der Waals surface area (Å²) in [6, 6.07) is 5.56. The molecular weight excluding hydrogens is 190 g/mol. The molecule has 0 bridgehead atoms. The number of nitrogens with zero attached hydrogens (tertiary/aromatic N) is 1. The van der Waals surface area contributed by atoms with E-state index in [0.29, 0.717) is 6.54 Å². The van der Waals surface area contributed by atoms with E-state index >= 15 is 0 Å². The minimum absolute atomic E-state index is 0.0318. The topological polar surface area (TPSA) is 68.0 Å². The Morgan fingerprint density at radius 2 is 2.27 bits per heavy atom. The van der Waals surface area contributed by atoms with Crippen LogP contribution in [0.25, 0.3) is 0 Å². The Labute approximate surface area is 89.9 Å². The van der Waals surface area contributed by atoms with Crippen molar-refractivity contribution in [2.75, 3.05) is 6.54 Å². The molecule has 0 aliphatic carbocycles. The molecule has 1 aromatic heterocycles. The van der Waals surface area contributed by atoms with Crippen molar-refractivity contribution in [2.45, 2.75) is 19.9 Å². The maximum atomic E-state index is 11.5. The molecule has 0 saturated carbocycles. The zero-order chi connectivity index (χ0) is 11.3. The van der Waals surface area contributed by atoms with E-state index in [0.717, 1.165) is 5.69 Å². The molecule has 1 aromatic rings. The van der Waals surface area contributed by atoms with E-state index in [1.165, 1.54) is 0 Å². The first-order chi connectivity index (χ1) is 7.15. The third-order valence-electron chi connectivity index (χ3n) is 2.29. The van der Waals surface area contributed by atoms with Crippen LogP contribution in [-0.2, 0) is 4.79 Å². The summed E-state index contributed by atoms with van der Waals surface area (Å²) in [5, 5.41) is 2.87. The zero-order valence-corrected chi connectivity index (χ0v) is 9.10. The van der Waals surface area contributed by atoms with Gasteiger partial charge in [-0.15, -0.1) is 0 Å². The monoisotopic (exact) mass is 207 g/mol. The molecule has 0 aliphatic heterocycles. The maximum Gasteiger partial charge on any atom is 0.224 e. The normalized spacial score (nSPS) is 14.3. The highest BCUT2D eigenvalue weighted by atomic mass is 16.1. The molecule has 0 radical (unpaired) electrons. The minimum atomic E-state index is -0.156. The average molecular weight is 207 g/mol. The summed E-state index contributed by atoms with van der Waals surface area (Å²) >= 11 is 0. The van der Waals surface area contributed by atoms with Gasteiger partial charge < -0.3 is 11.1 Å². The number of rotatable bonds is 4. The van der Waals surface area contributed by atoms with Crippen LogP contribution in [-0.4, -0.2) is 17.4 Å². The Morgan fingerprint density at radius 1 is 1.53 bits per heavy atom. The van der Waals surface area contributed by atoms with Crippen LogP contribution in [0.15, 0.2) is 24.4 Å². The van der Waals surface area contributed by atoms with Crippen LogP contribution in [0.3, 0.4) is 0 Å². The number of nitrogens with one attached hydrogen (secondary N) is 1. The second-order valence-corrected chi connectivity index (χ2v) is 3.62. The first kappa shape index (κ1) is 11.7. The molecule has 0 fully saturated rings. The highest BCUT2D eigenvalue weighted by Gasteiger charge is 2.14. The molecule has 1 rings (SSSR count). The lowest BCUT2D eigenvalue weighted by Crippen LogP contribution is -2.35. The smallest absolute Gasteiger partial charge is 0.224 e. The van der Waals surface area contributed by atoms with E-state index in [1.807, 2.05) is 25.1 Å². The van der Waals surface area contributed by atoms with Gasteiger partial charge in [-0.2, -0.15) is 0 Å². The predicted octanol–water partition coefficient (Wildman–Crippen LogP) is 0.854. The van der Waals surface area contributed by atoms with Gasteiger partial charge in [-0.1, -0.05) is 13.0 Å². The van der Waals surface area contributed by atoms with Crippen LogP contribution in [0.5, 0.6) is 0 Å². The van der Waals surface area contributed by atoms with Gasteiger partial charge in [0.1, 0.15) is 0 Å². The molecule has 15 heavy (non-hydrogen) atoms. The van der Waals surface area contributed by atoms with Crippen molar-refractivity contribution in [3.63, 3.8) is 0 Å². The van der Waals surface area contributed by atoms with Gasteiger partial charge in [0, 0.05) is 18.7 Å². The van der Waals surface area contributed by atoms with Crippen molar-refractivity contribution in [3.8, 4) is 0 Å². The maximum absolute atomic E-state index is 11.5. The Balaban J connectivity index is 2.56. The Hall–Kier alpha value is -1.42. The van der Waals surface area contributed by atoms with Gasteiger partial charge in [0.15, 0.2) is 0 Å². The summed E-state index contributed by atoms with van der Waals surface area (Å²) < 4.78 is 0. The van der Waals surface area contributed by atoms with Crippen LogP contribution in [0.4, 0.5) is 0 Å². The zero-order valence-electron chi connectivity index (χ0n) is 9.10. The SMILES string of the molecule is CC(CN)C(=O)N[C@@H](C)c1ccccn1. The van der Waals surface area contributed by atoms with Crippen LogP contribution in [0.1, 0.15) is 25.6 Å². The second kappa shape index (κ2) is 5.46. The summed E-state index contributed by atoms with van der Waals surface area (Å²) in [5.41, 5.74) is 6.27. The molecule has 0 spiro atoms. The lowest BCUT2D eigenvalue weighted by atomic mass is 10.1. The predicted molar refractivity (Wildman–Crippen MR) is 59.0 cm³/mol. The van der Waals surface area contributed by atoms with E-state index in [4.69, 9.17) is 5.73 Å². The molecule has 0 aliphatic rings. The quantitative estimate of drug-likeness (QED) is 0.769. The van der Waals surface area contributed by atoms with Gasteiger partial charge in [-0.05, 0) is 19.1 Å². The first-order valence-corrected chi connectivity index (χ1v) is 5.06. The molecule has 1 unspecified atom stereocenters. The summed E-state index contributed by atoms with van der Waals surface area (Å²) in [6.07, 6.45) is 1.71. The highest BCUT2D eigenvalue weighted by molar-refractivity contribution is 5.78. The van der Waals surface area contributed by atoms with Gasteiger partial charge in [-0.3, -0.25) is 9.78 Å². The number of pyridine rings is 1. The summed E-state index contributed by atoms with van der Waals surface area (Å²) in [6.45, 7) is 4.07. The summed E-state index contributed by atoms with van der Waals surface area (Å²) in [4.78, 5) is 15.7. The van der Waals surface area contributed by atoms with Crippen molar-refractivity contribution >= 4 is 5.91 Å². The van der Waals surface area contributed by atoms with E-state index in [1.54, 1.807) is 13.1 Å². The Bertz CT molecular complexity index is 313. The van der Waals surface area contributed by atoms with Crippen molar-refractivity contribution in [1.82, 2.24) is 10.3 Å². The summed E-state index contributed by atoms with van der Waals surface area (Å²) in [5.74, 6) is -0.188. The Kier molecular flexibility index (Phi) is 4.24. The molecule has 0 aromatic carbocycles. The number of carbonyl (C=O) groups excluding carboxylic acids is 1. The standard InChI is InChI=1S/C11H17N3O/c1-8(7-12)11(15)14-9(2)10-5-3-4-6-13-10/h3-6,8-9H,7,12H2,1-2H3,(H,14,15)/t8?,9-/m0/s1. The second-order valence-electron chi connectivity index (χ2n) is 3.62. The van der Waals surface area contributed by atoms with Gasteiger partial charge in [0.25, 0.3) is 0 Å². The number of carbonyl (C=O) groups is 1. The molecule has 1 heterocycles. The van der Waals surface area contributed by atoms with E-state index in [9.17, 15) is 4.79 Å². The van der Waals surface area contributed by atoms with E-state index in [-0.39, 0.29) is 17.9 Å². The Morgan fingerprint density at radius 3 is 2.80 bits per heavy atom. The first-order valence-electron chi connectivity index (χ1n) is 5.06. The molecular formula is C11H17N3O. The average Bonchev–Trinajstić information content (AvgIpc) is 2.29. The van der Waals surface area contributed by atoms with Gasteiger partial charge >= 0.3 is 0 Å². The fourth-order valence-corrected chi connectivity index (χ4v) is 1.17. The van der Waals surface area contributed by atoms with Crippen molar-refractivity contribution in [1.29, 1.82) is 0 Å². The lowest BCUT2D eigenvalue weighted by Gasteiger charge is -2.15. The number of amides is 1. The van der Waals surface area contributed by atoms with Crippen LogP contribution < -0.4 is 11.1 Å². The molecule has 2 atom stereocenters. The van der Waals surface area contributed by atoms with Gasteiger partial charge in [0.2, 0.25) is 5.91 Å². The summed E-state index contributed by atoms with van der Waals surface area (Å²) in [7, 11) is 0. The van der Waals surface area contributed by atoms with Crippen LogP contribution >= 0.6 is 0 Å². The highest BCUT2D eigenvalue weighted by Crippen LogP contribution is 2.08. The van der Waals surface area contributed by atoms with Crippen molar-refractivity contribution in [2.24, 2.45) is 11.7 Å². The van der Waals surface area contributed by atoms with Gasteiger partial charge in [-0.25, -0.2) is 0 Å². The van der Waals surface area contributed by atoms with Crippen LogP contribution in [0.2, 0.25) is 0 Å². The van der Waals surface area contributed by atoms with E-state index in [2.05, 4.69) is 10.3 Å². The van der Waals surface area contributed by atoms with Crippen molar-refractivity contribution in [3.05, 3.63) is 30.1 Å². The fraction of sp³-hybridized carbons (Fsp3) is 0.455. The molecule has 1 amide bonds. The molecule has 4 nitrogen and oxygen atoms in total. The number of nitrogens with two attached hydrogens (primary N) is 1. The fourth-order valence-electron chi connectivity index (χ4n) is 1.17. The largest absolute Gasteiger partial charge is 0.348 e. The minimum Gasteiger partial charge on any atom is -0.348 e. The third kappa shape index (κ3) is 3.32. The number of hydrogen-bond acceptors (Lipinski definition) is 3. The van der Waals surface area contributed by atoms with Crippen LogP contribution in [0, 0.1) is 5.92 Å².